The van der Waals surface area contributed by atoms with E-state index in [1.165, 1.54) is 17.9 Å². The quantitative estimate of drug-likeness (QED) is 0.247. The summed E-state index contributed by atoms with van der Waals surface area (Å²) in [5.41, 5.74) is 6.53. The van der Waals surface area contributed by atoms with Crippen LogP contribution in [0, 0.1) is 6.92 Å². The van der Waals surface area contributed by atoms with Gasteiger partial charge in [0.2, 0.25) is 0 Å². The number of carbonyl (C=O) groups excluding carboxylic acids is 1. The molecule has 0 unspecified atom stereocenters. The molecular formula is C31H27NO3. The Balaban J connectivity index is 1.50. The van der Waals surface area contributed by atoms with E-state index >= 15 is 0 Å². The van der Waals surface area contributed by atoms with E-state index in [-0.39, 0.29) is 12.1 Å². The number of para-hydroxylation sites is 1. The average molecular weight is 462 g/mol. The summed E-state index contributed by atoms with van der Waals surface area (Å²) in [5.74, 6) is 0.477. The number of aliphatic imine (C=N–C) groups is 1. The van der Waals surface area contributed by atoms with Crippen LogP contribution in [0.15, 0.2) is 96.0 Å². The predicted molar refractivity (Wildman–Crippen MR) is 141 cm³/mol. The van der Waals surface area contributed by atoms with Crippen LogP contribution in [-0.4, -0.2) is 31.4 Å². The zero-order valence-corrected chi connectivity index (χ0v) is 20.1. The number of esters is 1. The molecule has 5 rings (SSSR count). The minimum absolute atomic E-state index is 0.229. The molecule has 1 aliphatic heterocycles. The molecule has 0 bridgehead atoms. The van der Waals surface area contributed by atoms with Crippen molar-refractivity contribution in [3.63, 3.8) is 0 Å². The van der Waals surface area contributed by atoms with Crippen molar-refractivity contribution in [3.05, 3.63) is 119 Å². The van der Waals surface area contributed by atoms with Crippen molar-refractivity contribution >= 4 is 28.0 Å². The molecule has 0 spiro atoms. The molecule has 1 heterocycles. The van der Waals surface area contributed by atoms with Gasteiger partial charge in [0.25, 0.3) is 0 Å². The first kappa shape index (κ1) is 22.6. The van der Waals surface area contributed by atoms with Gasteiger partial charge in [0.05, 0.1) is 19.2 Å². The Bertz CT molecular complexity index is 1480. The monoisotopic (exact) mass is 461 g/mol. The Morgan fingerprint density at radius 3 is 2.57 bits per heavy atom. The maximum absolute atomic E-state index is 12.3. The molecule has 4 nitrogen and oxygen atoms in total. The fraction of sp³-hybridized carbons (Fsp3) is 0.161. The summed E-state index contributed by atoms with van der Waals surface area (Å²) >= 11 is 0. The predicted octanol–water partition coefficient (Wildman–Crippen LogP) is 6.64. The second-order valence-corrected chi connectivity index (χ2v) is 8.71. The summed E-state index contributed by atoms with van der Waals surface area (Å²) in [6, 6.07) is 28.5. The van der Waals surface area contributed by atoms with Gasteiger partial charge in [0.1, 0.15) is 11.9 Å². The topological polar surface area (TPSA) is 47.9 Å². The molecule has 35 heavy (non-hydrogen) atoms. The van der Waals surface area contributed by atoms with E-state index < -0.39 is 0 Å². The minimum Gasteiger partial charge on any atom is -0.484 e. The van der Waals surface area contributed by atoms with E-state index in [0.29, 0.717) is 12.1 Å². The van der Waals surface area contributed by atoms with E-state index in [0.717, 1.165) is 39.3 Å². The SMILES string of the molecule is COC(=O)c1cc(C2=C[C@H](C/N=C(\C)c3cccc4ccccc34)Oc3ccccc32)ccc1C. The number of ether oxygens (including phenoxy) is 2. The van der Waals surface area contributed by atoms with Crippen LogP contribution in [0.2, 0.25) is 0 Å². The number of aryl methyl sites for hydroxylation is 1. The standard InChI is InChI=1S/C31H27NO3/c1-20-15-16-23(17-28(20)31(33)34-3)29-18-24(35-30-14-7-6-12-27(29)30)19-32-21(2)25-13-8-10-22-9-4-5-11-26(22)25/h4-18,24H,19H2,1-3H3/b32-21+/t24-/m1/s1. The van der Waals surface area contributed by atoms with E-state index in [1.807, 2.05) is 56.3 Å². The van der Waals surface area contributed by atoms with Gasteiger partial charge in [0.15, 0.2) is 0 Å². The maximum Gasteiger partial charge on any atom is 0.338 e. The Morgan fingerprint density at radius 1 is 0.943 bits per heavy atom. The van der Waals surface area contributed by atoms with Gasteiger partial charge in [-0.2, -0.15) is 0 Å². The molecule has 0 N–H and O–H groups in total. The molecule has 4 heteroatoms. The van der Waals surface area contributed by atoms with Crippen molar-refractivity contribution in [1.82, 2.24) is 0 Å². The zero-order valence-electron chi connectivity index (χ0n) is 20.1. The highest BCUT2D eigenvalue weighted by Crippen LogP contribution is 2.36. The van der Waals surface area contributed by atoms with E-state index in [9.17, 15) is 4.79 Å². The highest BCUT2D eigenvalue weighted by Gasteiger charge is 2.22. The third-order valence-electron chi connectivity index (χ3n) is 6.45. The molecule has 4 aromatic carbocycles. The van der Waals surface area contributed by atoms with Crippen LogP contribution in [0.25, 0.3) is 16.3 Å². The summed E-state index contributed by atoms with van der Waals surface area (Å²) in [4.78, 5) is 17.2. The molecule has 1 aliphatic rings. The van der Waals surface area contributed by atoms with Gasteiger partial charge >= 0.3 is 5.97 Å². The Kier molecular flexibility index (Phi) is 6.19. The fourth-order valence-corrected chi connectivity index (χ4v) is 4.58. The largest absolute Gasteiger partial charge is 0.484 e. The van der Waals surface area contributed by atoms with Crippen LogP contribution in [0.5, 0.6) is 5.75 Å². The van der Waals surface area contributed by atoms with Crippen molar-refractivity contribution < 1.29 is 14.3 Å². The van der Waals surface area contributed by atoms with Crippen LogP contribution in [-0.2, 0) is 4.74 Å². The number of fused-ring (bicyclic) bond motifs is 2. The lowest BCUT2D eigenvalue weighted by Crippen LogP contribution is -2.23. The Labute approximate surface area is 205 Å². The van der Waals surface area contributed by atoms with Crippen molar-refractivity contribution in [1.29, 1.82) is 0 Å². The molecular weight excluding hydrogens is 434 g/mol. The van der Waals surface area contributed by atoms with Crippen molar-refractivity contribution in [2.24, 2.45) is 4.99 Å². The second-order valence-electron chi connectivity index (χ2n) is 8.71. The van der Waals surface area contributed by atoms with Gasteiger partial charge in [-0.15, -0.1) is 0 Å². The van der Waals surface area contributed by atoms with Crippen molar-refractivity contribution in [2.45, 2.75) is 20.0 Å². The van der Waals surface area contributed by atoms with E-state index in [2.05, 4.69) is 48.5 Å². The molecule has 0 amide bonds. The highest BCUT2D eigenvalue weighted by molar-refractivity contribution is 6.09. The fourth-order valence-electron chi connectivity index (χ4n) is 4.58. The van der Waals surface area contributed by atoms with Crippen LogP contribution in [0.4, 0.5) is 0 Å². The normalized spacial score (nSPS) is 15.2. The van der Waals surface area contributed by atoms with Crippen LogP contribution >= 0.6 is 0 Å². The molecule has 1 atom stereocenters. The molecule has 0 radical (unpaired) electrons. The highest BCUT2D eigenvalue weighted by atomic mass is 16.5. The van der Waals surface area contributed by atoms with Gasteiger partial charge in [-0.1, -0.05) is 72.8 Å². The van der Waals surface area contributed by atoms with E-state index in [4.69, 9.17) is 14.5 Å². The number of rotatable bonds is 5. The van der Waals surface area contributed by atoms with Gasteiger partial charge in [0, 0.05) is 16.8 Å². The van der Waals surface area contributed by atoms with Gasteiger partial charge < -0.3 is 9.47 Å². The number of methoxy groups -OCH3 is 1. The number of nitrogens with zero attached hydrogens (tertiary/aromatic N) is 1. The third kappa shape index (κ3) is 4.47. The molecule has 174 valence electrons. The number of hydrogen-bond donors (Lipinski definition) is 0. The van der Waals surface area contributed by atoms with E-state index in [1.54, 1.807) is 0 Å². The summed E-state index contributed by atoms with van der Waals surface area (Å²) < 4.78 is 11.3. The lowest BCUT2D eigenvalue weighted by molar-refractivity contribution is 0.0600. The second kappa shape index (κ2) is 9.59. The summed E-state index contributed by atoms with van der Waals surface area (Å²) in [6.07, 6.45) is 1.88. The third-order valence-corrected chi connectivity index (χ3v) is 6.45. The molecule has 0 saturated heterocycles. The first-order valence-electron chi connectivity index (χ1n) is 11.7. The maximum atomic E-state index is 12.3. The average Bonchev–Trinajstić information content (AvgIpc) is 2.90. The summed E-state index contributed by atoms with van der Waals surface area (Å²) in [6.45, 7) is 4.45. The first-order valence-corrected chi connectivity index (χ1v) is 11.7. The molecule has 0 fully saturated rings. The Morgan fingerprint density at radius 2 is 1.71 bits per heavy atom. The van der Waals surface area contributed by atoms with Gasteiger partial charge in [-0.3, -0.25) is 4.99 Å². The van der Waals surface area contributed by atoms with Crippen molar-refractivity contribution in [2.75, 3.05) is 13.7 Å². The lowest BCUT2D eigenvalue weighted by atomic mass is 9.91. The number of hydrogen-bond acceptors (Lipinski definition) is 4. The number of carbonyl (C=O) groups is 1. The number of benzene rings is 4. The lowest BCUT2D eigenvalue weighted by Gasteiger charge is -2.25. The van der Waals surface area contributed by atoms with Crippen LogP contribution in [0.3, 0.4) is 0 Å². The van der Waals surface area contributed by atoms with Crippen molar-refractivity contribution in [3.8, 4) is 5.75 Å². The van der Waals surface area contributed by atoms with Gasteiger partial charge in [-0.05, 0) is 59.5 Å². The summed E-state index contributed by atoms with van der Waals surface area (Å²) in [5, 5.41) is 2.39. The zero-order chi connectivity index (χ0) is 24.4. The van der Waals surface area contributed by atoms with Crippen LogP contribution in [0.1, 0.15) is 39.5 Å². The van der Waals surface area contributed by atoms with Gasteiger partial charge in [-0.25, -0.2) is 4.79 Å². The molecule has 0 aromatic heterocycles. The van der Waals surface area contributed by atoms with Crippen LogP contribution < -0.4 is 4.74 Å². The molecule has 0 saturated carbocycles. The molecule has 4 aromatic rings. The Hall–Kier alpha value is -4.18. The molecule has 0 aliphatic carbocycles. The summed E-state index contributed by atoms with van der Waals surface area (Å²) in [7, 11) is 1.41. The smallest absolute Gasteiger partial charge is 0.338 e. The first-order chi connectivity index (χ1) is 17.0. The minimum atomic E-state index is -0.336.